The van der Waals surface area contributed by atoms with E-state index < -0.39 is 0 Å². The first-order valence-electron chi connectivity index (χ1n) is 8.19. The average molecular weight is 405 g/mol. The van der Waals surface area contributed by atoms with Crippen molar-refractivity contribution in [2.75, 3.05) is 0 Å². The van der Waals surface area contributed by atoms with Gasteiger partial charge in [0.25, 0.3) is 5.91 Å². The van der Waals surface area contributed by atoms with E-state index in [0.29, 0.717) is 21.4 Å². The van der Waals surface area contributed by atoms with Crippen LogP contribution in [0.5, 0.6) is 0 Å². The standard InChI is InChI=1S/C18H18Cl2N6O/c1-11-7-12(2)25(23-11)10-17(27)22-21-9-16-13(3)24-26(18(16)20)15-6-4-5-14(19)8-15/h4-9H,10H2,1-3H3,(H,22,27)/b21-9+. The number of nitrogens with zero attached hydrogens (tertiary/aromatic N) is 5. The molecule has 1 N–H and O–H groups in total. The molecule has 1 amide bonds. The van der Waals surface area contributed by atoms with Crippen LogP contribution in [-0.2, 0) is 11.3 Å². The Kier molecular flexibility index (Phi) is 5.62. The summed E-state index contributed by atoms with van der Waals surface area (Å²) in [5, 5.41) is 13.6. The molecular weight excluding hydrogens is 387 g/mol. The second kappa shape index (κ2) is 7.94. The summed E-state index contributed by atoms with van der Waals surface area (Å²) in [6.07, 6.45) is 1.48. The SMILES string of the molecule is Cc1cc(C)n(CC(=O)N/N=C/c2c(C)nn(-c3cccc(Cl)c3)c2Cl)n1. The molecule has 2 aromatic heterocycles. The number of halogens is 2. The van der Waals surface area contributed by atoms with Gasteiger partial charge in [0.05, 0.1) is 28.9 Å². The van der Waals surface area contributed by atoms with Crippen LogP contribution in [0.15, 0.2) is 35.4 Å². The maximum absolute atomic E-state index is 12.0. The zero-order valence-electron chi connectivity index (χ0n) is 15.1. The summed E-state index contributed by atoms with van der Waals surface area (Å²) >= 11 is 12.5. The normalized spacial score (nSPS) is 11.3. The van der Waals surface area contributed by atoms with Gasteiger partial charge in [0.1, 0.15) is 11.7 Å². The summed E-state index contributed by atoms with van der Waals surface area (Å²) < 4.78 is 3.19. The van der Waals surface area contributed by atoms with Crippen molar-refractivity contribution in [1.82, 2.24) is 25.0 Å². The quantitative estimate of drug-likeness (QED) is 0.522. The van der Waals surface area contributed by atoms with Gasteiger partial charge in [-0.1, -0.05) is 29.3 Å². The van der Waals surface area contributed by atoms with Gasteiger partial charge in [0.2, 0.25) is 0 Å². The summed E-state index contributed by atoms with van der Waals surface area (Å²) in [7, 11) is 0. The molecule has 27 heavy (non-hydrogen) atoms. The Morgan fingerprint density at radius 2 is 2.00 bits per heavy atom. The molecule has 0 saturated carbocycles. The molecule has 0 radical (unpaired) electrons. The highest BCUT2D eigenvalue weighted by molar-refractivity contribution is 6.32. The Bertz CT molecular complexity index is 1020. The van der Waals surface area contributed by atoms with Gasteiger partial charge < -0.3 is 0 Å². The molecule has 9 heteroatoms. The first-order valence-corrected chi connectivity index (χ1v) is 8.95. The van der Waals surface area contributed by atoms with Crippen LogP contribution in [0.1, 0.15) is 22.6 Å². The Labute approximate surface area is 166 Å². The largest absolute Gasteiger partial charge is 0.271 e. The van der Waals surface area contributed by atoms with Gasteiger partial charge in [-0.3, -0.25) is 9.48 Å². The van der Waals surface area contributed by atoms with Gasteiger partial charge >= 0.3 is 0 Å². The Hall–Kier alpha value is -2.64. The maximum Gasteiger partial charge on any atom is 0.261 e. The monoisotopic (exact) mass is 404 g/mol. The molecular formula is C18H18Cl2N6O. The van der Waals surface area contributed by atoms with Crippen LogP contribution >= 0.6 is 23.2 Å². The summed E-state index contributed by atoms with van der Waals surface area (Å²) in [6.45, 7) is 5.67. The fraction of sp³-hybridized carbons (Fsp3) is 0.222. The molecule has 3 rings (SSSR count). The third-order valence-electron chi connectivity index (χ3n) is 3.88. The maximum atomic E-state index is 12.0. The van der Waals surface area contributed by atoms with E-state index in [1.165, 1.54) is 6.21 Å². The molecule has 0 unspecified atom stereocenters. The minimum Gasteiger partial charge on any atom is -0.271 e. The Morgan fingerprint density at radius 1 is 1.22 bits per heavy atom. The molecule has 0 aliphatic heterocycles. The van der Waals surface area contributed by atoms with Gasteiger partial charge in [0, 0.05) is 10.7 Å². The summed E-state index contributed by atoms with van der Waals surface area (Å²) in [5.41, 5.74) is 6.28. The van der Waals surface area contributed by atoms with E-state index in [9.17, 15) is 4.79 Å². The van der Waals surface area contributed by atoms with E-state index >= 15 is 0 Å². The highest BCUT2D eigenvalue weighted by atomic mass is 35.5. The molecule has 0 fully saturated rings. The summed E-state index contributed by atoms with van der Waals surface area (Å²) in [5.74, 6) is -0.284. The highest BCUT2D eigenvalue weighted by Gasteiger charge is 2.13. The van der Waals surface area contributed by atoms with Crippen molar-refractivity contribution < 1.29 is 4.79 Å². The second-order valence-electron chi connectivity index (χ2n) is 6.06. The minimum atomic E-state index is -0.284. The fourth-order valence-electron chi connectivity index (χ4n) is 2.61. The minimum absolute atomic E-state index is 0.0888. The second-order valence-corrected chi connectivity index (χ2v) is 6.85. The van der Waals surface area contributed by atoms with Gasteiger partial charge in [-0.2, -0.15) is 15.3 Å². The number of rotatable bonds is 5. The number of carbonyl (C=O) groups excluding carboxylic acids is 1. The number of benzene rings is 1. The number of nitrogens with one attached hydrogen (secondary N) is 1. The van der Waals surface area contributed by atoms with E-state index in [1.807, 2.05) is 39.0 Å². The number of hydrogen-bond donors (Lipinski definition) is 1. The molecule has 1 aromatic carbocycles. The molecule has 2 heterocycles. The molecule has 0 atom stereocenters. The molecule has 0 aliphatic carbocycles. The van der Waals surface area contributed by atoms with E-state index in [4.69, 9.17) is 23.2 Å². The molecule has 0 spiro atoms. The number of carbonyl (C=O) groups is 1. The Morgan fingerprint density at radius 3 is 2.67 bits per heavy atom. The van der Waals surface area contributed by atoms with Crippen molar-refractivity contribution in [2.45, 2.75) is 27.3 Å². The van der Waals surface area contributed by atoms with Gasteiger partial charge in [0.15, 0.2) is 0 Å². The molecule has 3 aromatic rings. The third kappa shape index (κ3) is 4.37. The van der Waals surface area contributed by atoms with Crippen molar-refractivity contribution >= 4 is 35.3 Å². The number of hydrazone groups is 1. The predicted octanol–water partition coefficient (Wildman–Crippen LogP) is 3.45. The highest BCUT2D eigenvalue weighted by Crippen LogP contribution is 2.23. The van der Waals surface area contributed by atoms with E-state index in [1.54, 1.807) is 21.5 Å². The van der Waals surface area contributed by atoms with Crippen LogP contribution in [0.3, 0.4) is 0 Å². The summed E-state index contributed by atoms with van der Waals surface area (Å²) in [4.78, 5) is 12.0. The van der Waals surface area contributed by atoms with Gasteiger partial charge in [-0.05, 0) is 45.0 Å². The first-order chi connectivity index (χ1) is 12.8. The number of amides is 1. The van der Waals surface area contributed by atoms with E-state index in [0.717, 1.165) is 17.1 Å². The van der Waals surface area contributed by atoms with Gasteiger partial charge in [-0.15, -0.1) is 0 Å². The van der Waals surface area contributed by atoms with Crippen molar-refractivity contribution in [3.63, 3.8) is 0 Å². The van der Waals surface area contributed by atoms with Crippen LogP contribution < -0.4 is 5.43 Å². The van der Waals surface area contributed by atoms with Crippen molar-refractivity contribution in [3.8, 4) is 5.69 Å². The molecule has 0 saturated heterocycles. The third-order valence-corrected chi connectivity index (χ3v) is 4.48. The average Bonchev–Trinajstić information content (AvgIpc) is 3.07. The lowest BCUT2D eigenvalue weighted by Crippen LogP contribution is -2.24. The van der Waals surface area contributed by atoms with Crippen molar-refractivity contribution in [1.29, 1.82) is 0 Å². The molecule has 0 aliphatic rings. The molecule has 7 nitrogen and oxygen atoms in total. The lowest BCUT2D eigenvalue weighted by atomic mass is 10.3. The van der Waals surface area contributed by atoms with Gasteiger partial charge in [-0.25, -0.2) is 10.1 Å². The van der Waals surface area contributed by atoms with E-state index in [-0.39, 0.29) is 12.5 Å². The summed E-state index contributed by atoms with van der Waals surface area (Å²) in [6, 6.07) is 9.11. The lowest BCUT2D eigenvalue weighted by molar-refractivity contribution is -0.121. The van der Waals surface area contributed by atoms with E-state index in [2.05, 4.69) is 20.7 Å². The topological polar surface area (TPSA) is 77.1 Å². The van der Waals surface area contributed by atoms with Crippen LogP contribution in [-0.4, -0.2) is 31.7 Å². The van der Waals surface area contributed by atoms with Crippen LogP contribution in [0.4, 0.5) is 0 Å². The van der Waals surface area contributed by atoms with Crippen molar-refractivity contribution in [3.05, 3.63) is 63.2 Å². The Balaban J connectivity index is 1.72. The number of aryl methyl sites for hydroxylation is 3. The molecule has 140 valence electrons. The zero-order chi connectivity index (χ0) is 19.6. The predicted molar refractivity (Wildman–Crippen MR) is 106 cm³/mol. The smallest absolute Gasteiger partial charge is 0.261 e. The van der Waals surface area contributed by atoms with Crippen LogP contribution in [0, 0.1) is 20.8 Å². The number of hydrogen-bond acceptors (Lipinski definition) is 4. The first kappa shape index (κ1) is 19.1. The van der Waals surface area contributed by atoms with Crippen LogP contribution in [0.25, 0.3) is 5.69 Å². The zero-order valence-corrected chi connectivity index (χ0v) is 16.6. The van der Waals surface area contributed by atoms with Crippen LogP contribution in [0.2, 0.25) is 10.2 Å². The number of aromatic nitrogens is 4. The lowest BCUT2D eigenvalue weighted by Gasteiger charge is -2.03. The fourth-order valence-corrected chi connectivity index (χ4v) is 3.12. The van der Waals surface area contributed by atoms with Crippen molar-refractivity contribution in [2.24, 2.45) is 5.10 Å². The molecule has 0 bridgehead atoms.